The molecule has 0 aliphatic carbocycles. The van der Waals surface area contributed by atoms with E-state index in [1.54, 1.807) is 4.90 Å². The Morgan fingerprint density at radius 2 is 1.82 bits per heavy atom. The molecule has 3 aliphatic heterocycles. The van der Waals surface area contributed by atoms with E-state index < -0.39 is 0 Å². The lowest BCUT2D eigenvalue weighted by molar-refractivity contribution is -0.143. The van der Waals surface area contributed by atoms with Crippen LogP contribution in [0.1, 0.15) is 43.2 Å². The average Bonchev–Trinajstić information content (AvgIpc) is 3.12. The minimum Gasteiger partial charge on any atom is -0.395 e. The van der Waals surface area contributed by atoms with Gasteiger partial charge in [-0.15, -0.1) is 0 Å². The molecule has 0 radical (unpaired) electrons. The van der Waals surface area contributed by atoms with Crippen molar-refractivity contribution in [1.29, 1.82) is 0 Å². The van der Waals surface area contributed by atoms with Crippen molar-refractivity contribution in [3.8, 4) is 0 Å². The maximum atomic E-state index is 12.9. The van der Waals surface area contributed by atoms with Crippen molar-refractivity contribution in [3.63, 3.8) is 0 Å². The van der Waals surface area contributed by atoms with Crippen LogP contribution >= 0.6 is 0 Å². The molecule has 1 aromatic rings. The Morgan fingerprint density at radius 1 is 1.07 bits per heavy atom. The highest BCUT2D eigenvalue weighted by Gasteiger charge is 2.42. The maximum absolute atomic E-state index is 12.9. The Morgan fingerprint density at radius 3 is 2.54 bits per heavy atom. The number of amides is 2. The van der Waals surface area contributed by atoms with Gasteiger partial charge in [0.2, 0.25) is 11.8 Å². The number of aliphatic hydroxyl groups excluding tert-OH is 1. The molecule has 3 heterocycles. The van der Waals surface area contributed by atoms with Crippen LogP contribution in [0.4, 0.5) is 0 Å². The Hall–Kier alpha value is -1.92. The first-order valence-electron chi connectivity index (χ1n) is 10.5. The van der Waals surface area contributed by atoms with Gasteiger partial charge >= 0.3 is 0 Å². The summed E-state index contributed by atoms with van der Waals surface area (Å²) in [5, 5.41) is 9.24. The van der Waals surface area contributed by atoms with Crippen LogP contribution in [-0.2, 0) is 22.7 Å². The second kappa shape index (κ2) is 8.21. The summed E-state index contributed by atoms with van der Waals surface area (Å²) in [7, 11) is 0. The number of hydrogen-bond donors (Lipinski definition) is 1. The first kappa shape index (κ1) is 19.4. The zero-order chi connectivity index (χ0) is 19.6. The summed E-state index contributed by atoms with van der Waals surface area (Å²) in [5.41, 5.74) is 2.77. The minimum atomic E-state index is 0.00267. The fraction of sp³-hybridized carbons (Fsp3) is 0.636. The molecule has 1 spiro atoms. The van der Waals surface area contributed by atoms with E-state index in [1.165, 1.54) is 11.1 Å². The smallest absolute Gasteiger partial charge is 0.223 e. The largest absolute Gasteiger partial charge is 0.395 e. The molecule has 152 valence electrons. The molecule has 0 bridgehead atoms. The van der Waals surface area contributed by atoms with Gasteiger partial charge in [0.1, 0.15) is 0 Å². The summed E-state index contributed by atoms with van der Waals surface area (Å²) >= 11 is 0. The Bertz CT molecular complexity index is 712. The summed E-state index contributed by atoms with van der Waals surface area (Å²) in [5.74, 6) is 0.373. The second-order valence-corrected chi connectivity index (χ2v) is 8.69. The first-order chi connectivity index (χ1) is 13.6. The van der Waals surface area contributed by atoms with Crippen molar-refractivity contribution in [3.05, 3.63) is 35.4 Å². The standard InChI is InChI=1S/C22H31N3O3/c26-13-12-25-17-22(9-6-20(25)27)8-3-10-24(16-22)21(28)7-11-23-14-18-4-1-2-5-19(18)15-23/h1-2,4-5,26H,3,6-17H2/t22-/m0/s1. The number of rotatable bonds is 5. The van der Waals surface area contributed by atoms with Crippen LogP contribution in [-0.4, -0.2) is 71.0 Å². The molecule has 1 atom stereocenters. The molecule has 1 aromatic carbocycles. The van der Waals surface area contributed by atoms with E-state index in [0.717, 1.165) is 52.0 Å². The van der Waals surface area contributed by atoms with Crippen LogP contribution in [0.5, 0.6) is 0 Å². The lowest BCUT2D eigenvalue weighted by atomic mass is 9.73. The van der Waals surface area contributed by atoms with E-state index in [9.17, 15) is 14.7 Å². The average molecular weight is 386 g/mol. The van der Waals surface area contributed by atoms with Crippen molar-refractivity contribution in [1.82, 2.24) is 14.7 Å². The monoisotopic (exact) mass is 385 g/mol. The third-order valence-electron chi connectivity index (χ3n) is 6.68. The van der Waals surface area contributed by atoms with Gasteiger partial charge in [-0.3, -0.25) is 14.5 Å². The highest BCUT2D eigenvalue weighted by Crippen LogP contribution is 2.39. The topological polar surface area (TPSA) is 64.1 Å². The lowest BCUT2D eigenvalue weighted by Crippen LogP contribution is -2.55. The number of β-amino-alcohol motifs (C(OH)–C–C–N with tert-alkyl or cyclic N) is 1. The second-order valence-electron chi connectivity index (χ2n) is 8.69. The molecule has 1 N–H and O–H groups in total. The SMILES string of the molecule is O=C1CC[C@]2(CCCN(C(=O)CCN3Cc4ccccc4C3)C2)CN1CCO. The van der Waals surface area contributed by atoms with Gasteiger partial charge in [-0.2, -0.15) is 0 Å². The molecule has 4 rings (SSSR count). The van der Waals surface area contributed by atoms with Crippen LogP contribution in [0.3, 0.4) is 0 Å². The molecule has 2 fully saturated rings. The molecule has 0 aromatic heterocycles. The summed E-state index contributed by atoms with van der Waals surface area (Å²) in [6, 6.07) is 8.51. The molecule has 0 saturated carbocycles. The van der Waals surface area contributed by atoms with Gasteiger partial charge in [-0.05, 0) is 30.4 Å². The quantitative estimate of drug-likeness (QED) is 0.837. The first-order valence-corrected chi connectivity index (χ1v) is 10.5. The van der Waals surface area contributed by atoms with Gasteiger partial charge in [0.25, 0.3) is 0 Å². The predicted octanol–water partition coefficient (Wildman–Crippen LogP) is 1.62. The van der Waals surface area contributed by atoms with Gasteiger partial charge in [0.05, 0.1) is 6.61 Å². The van der Waals surface area contributed by atoms with Crippen LogP contribution < -0.4 is 0 Å². The van der Waals surface area contributed by atoms with E-state index in [4.69, 9.17) is 0 Å². The number of nitrogens with zero attached hydrogens (tertiary/aromatic N) is 3. The highest BCUT2D eigenvalue weighted by atomic mass is 16.3. The molecular weight excluding hydrogens is 354 g/mol. The van der Waals surface area contributed by atoms with Crippen LogP contribution in [0.15, 0.2) is 24.3 Å². The Kier molecular flexibility index (Phi) is 5.69. The molecule has 6 nitrogen and oxygen atoms in total. The molecule has 2 amide bonds. The van der Waals surface area contributed by atoms with Gasteiger partial charge in [0, 0.05) is 64.1 Å². The fourth-order valence-electron chi connectivity index (χ4n) is 5.15. The van der Waals surface area contributed by atoms with E-state index in [1.807, 2.05) is 4.90 Å². The molecular formula is C22H31N3O3. The van der Waals surface area contributed by atoms with Gasteiger partial charge in [-0.1, -0.05) is 24.3 Å². The van der Waals surface area contributed by atoms with Crippen molar-refractivity contribution in [2.75, 3.05) is 39.3 Å². The zero-order valence-corrected chi connectivity index (χ0v) is 16.6. The molecule has 6 heteroatoms. The summed E-state index contributed by atoms with van der Waals surface area (Å²) in [6.45, 7) is 5.34. The van der Waals surface area contributed by atoms with Gasteiger partial charge in [-0.25, -0.2) is 0 Å². The van der Waals surface area contributed by atoms with Crippen molar-refractivity contribution in [2.24, 2.45) is 5.41 Å². The Balaban J connectivity index is 1.31. The number of aliphatic hydroxyl groups is 1. The number of likely N-dealkylation sites (tertiary alicyclic amines) is 2. The van der Waals surface area contributed by atoms with Crippen LogP contribution in [0.2, 0.25) is 0 Å². The van der Waals surface area contributed by atoms with Crippen LogP contribution in [0, 0.1) is 5.41 Å². The summed E-state index contributed by atoms with van der Waals surface area (Å²) in [4.78, 5) is 31.2. The third kappa shape index (κ3) is 4.08. The number of benzene rings is 1. The van der Waals surface area contributed by atoms with E-state index in [-0.39, 0.29) is 23.8 Å². The third-order valence-corrected chi connectivity index (χ3v) is 6.68. The van der Waals surface area contributed by atoms with Crippen LogP contribution in [0.25, 0.3) is 0 Å². The predicted molar refractivity (Wildman–Crippen MR) is 106 cm³/mol. The Labute approximate surface area is 167 Å². The number of carbonyl (C=O) groups excluding carboxylic acids is 2. The van der Waals surface area contributed by atoms with Gasteiger partial charge < -0.3 is 14.9 Å². The van der Waals surface area contributed by atoms with Crippen molar-refractivity contribution >= 4 is 11.8 Å². The van der Waals surface area contributed by atoms with E-state index in [0.29, 0.717) is 25.9 Å². The summed E-state index contributed by atoms with van der Waals surface area (Å²) < 4.78 is 0. The zero-order valence-electron chi connectivity index (χ0n) is 16.6. The van der Waals surface area contributed by atoms with Crippen molar-refractivity contribution in [2.45, 2.75) is 45.2 Å². The van der Waals surface area contributed by atoms with E-state index in [2.05, 4.69) is 29.2 Å². The summed E-state index contributed by atoms with van der Waals surface area (Å²) in [6.07, 6.45) is 4.02. The molecule has 0 unspecified atom stereocenters. The molecule has 28 heavy (non-hydrogen) atoms. The van der Waals surface area contributed by atoms with Gasteiger partial charge in [0.15, 0.2) is 0 Å². The number of fused-ring (bicyclic) bond motifs is 1. The molecule has 2 saturated heterocycles. The molecule has 3 aliphatic rings. The highest BCUT2D eigenvalue weighted by molar-refractivity contribution is 5.78. The van der Waals surface area contributed by atoms with E-state index >= 15 is 0 Å². The fourth-order valence-corrected chi connectivity index (χ4v) is 5.15. The normalized spacial score (nSPS) is 25.4. The number of carbonyl (C=O) groups is 2. The number of piperidine rings is 2. The maximum Gasteiger partial charge on any atom is 0.223 e. The minimum absolute atomic E-state index is 0.00267. The number of hydrogen-bond acceptors (Lipinski definition) is 4. The van der Waals surface area contributed by atoms with Crippen molar-refractivity contribution < 1.29 is 14.7 Å². The lowest BCUT2D eigenvalue weighted by Gasteiger charge is -2.48.